The minimum atomic E-state index is -4.73. The summed E-state index contributed by atoms with van der Waals surface area (Å²) >= 11 is 0. The van der Waals surface area contributed by atoms with E-state index >= 15 is 0 Å². The molecule has 5 nitrogen and oxygen atoms in total. The number of unbranched alkanes of at least 4 members (excludes halogenated alkanes) is 15. The molecule has 0 spiro atoms. The van der Waals surface area contributed by atoms with Gasteiger partial charge >= 0.3 is 7.37 Å². The molecule has 2 aromatic rings. The fraction of sp³-hybridized carbons (Fsp3) is 0.689. The summed E-state index contributed by atoms with van der Waals surface area (Å²) in [7, 11) is -4.73. The zero-order valence-electron chi connectivity index (χ0n) is 34.4. The van der Waals surface area contributed by atoms with Gasteiger partial charge in [-0.25, -0.2) is 0 Å². The molecule has 0 aliphatic carbocycles. The van der Waals surface area contributed by atoms with Crippen LogP contribution in [0.2, 0.25) is 0 Å². The molecule has 2 aromatic carbocycles. The van der Waals surface area contributed by atoms with Crippen molar-refractivity contribution in [2.45, 2.75) is 203 Å². The topological polar surface area (TPSA) is 97.5 Å². The first-order valence-electron chi connectivity index (χ1n) is 20.5. The summed E-state index contributed by atoms with van der Waals surface area (Å²) in [5.41, 5.74) is 9.70. The third-order valence-electron chi connectivity index (χ3n) is 10.4. The molecular formula is C45H76NO4P. The fourth-order valence-corrected chi connectivity index (χ4v) is 9.07. The highest BCUT2D eigenvalue weighted by molar-refractivity contribution is 7.91. The van der Waals surface area contributed by atoms with Gasteiger partial charge in [-0.15, -0.1) is 0 Å². The van der Waals surface area contributed by atoms with E-state index in [4.69, 9.17) is 5.73 Å². The molecular weight excluding hydrogens is 649 g/mol. The Kier molecular flexibility index (Phi) is 23.1. The average Bonchev–Trinajstić information content (AvgIpc) is 3.05. The number of rotatable bonds is 25. The van der Waals surface area contributed by atoms with E-state index in [0.29, 0.717) is 22.3 Å². The normalized spacial score (nSPS) is 11.7. The van der Waals surface area contributed by atoms with Crippen LogP contribution < -0.4 is 5.73 Å². The summed E-state index contributed by atoms with van der Waals surface area (Å²) in [6.45, 7) is 17.5. The molecule has 0 atom stereocenters. The number of nitrogens with two attached hydrogens (primary N) is 1. The number of carbonyl (C=O) groups is 2. The fourth-order valence-electron chi connectivity index (χ4n) is 7.58. The van der Waals surface area contributed by atoms with E-state index in [-0.39, 0.29) is 16.7 Å². The van der Waals surface area contributed by atoms with Crippen molar-refractivity contribution >= 4 is 18.4 Å². The van der Waals surface area contributed by atoms with E-state index < -0.39 is 18.4 Å². The lowest BCUT2D eigenvalue weighted by Crippen LogP contribution is -2.39. The van der Waals surface area contributed by atoms with Gasteiger partial charge in [-0.3, -0.25) is 14.2 Å². The summed E-state index contributed by atoms with van der Waals surface area (Å²) in [6.07, 6.45) is 28.8. The molecule has 51 heavy (non-hydrogen) atoms. The maximum absolute atomic E-state index is 12.8. The first-order valence-corrected chi connectivity index (χ1v) is 22.2. The Labute approximate surface area is 313 Å². The van der Waals surface area contributed by atoms with E-state index in [9.17, 15) is 19.0 Å². The Hall–Kier alpha value is -2.07. The van der Waals surface area contributed by atoms with E-state index in [0.717, 1.165) is 11.1 Å². The van der Waals surface area contributed by atoms with Gasteiger partial charge in [0, 0.05) is 16.7 Å². The highest BCUT2D eigenvalue weighted by atomic mass is 31.2. The van der Waals surface area contributed by atoms with Crippen molar-refractivity contribution in [2.75, 3.05) is 0 Å². The van der Waals surface area contributed by atoms with Gasteiger partial charge in [0.25, 0.3) is 11.0 Å². The van der Waals surface area contributed by atoms with Crippen molar-refractivity contribution in [3.8, 4) is 0 Å². The maximum atomic E-state index is 12.8. The molecule has 0 aromatic heterocycles. The first-order chi connectivity index (χ1) is 24.1. The molecule has 0 aliphatic rings. The monoisotopic (exact) mass is 726 g/mol. The van der Waals surface area contributed by atoms with Gasteiger partial charge in [0.1, 0.15) is 0 Å². The van der Waals surface area contributed by atoms with Crippen LogP contribution in [0.15, 0.2) is 24.3 Å². The van der Waals surface area contributed by atoms with E-state index in [1.54, 1.807) is 52.0 Å². The van der Waals surface area contributed by atoms with Crippen LogP contribution in [-0.2, 0) is 4.57 Å². The van der Waals surface area contributed by atoms with Gasteiger partial charge in [0.05, 0.1) is 0 Å². The summed E-state index contributed by atoms with van der Waals surface area (Å²) in [5.74, 6) is 0. The van der Waals surface area contributed by atoms with E-state index in [2.05, 4.69) is 20.8 Å². The number of hydrogen-bond acceptors (Lipinski definition) is 4. The zero-order chi connectivity index (χ0) is 38.5. The lowest BCUT2D eigenvalue weighted by molar-refractivity contribution is 0.101. The molecule has 6 heteroatoms. The minimum absolute atomic E-state index is 0.139. The van der Waals surface area contributed by atoms with Gasteiger partial charge in [0.15, 0.2) is 0 Å². The number of aryl methyl sites for hydroxylation is 6. The van der Waals surface area contributed by atoms with Gasteiger partial charge in [-0.1, -0.05) is 172 Å². The van der Waals surface area contributed by atoms with Crippen molar-refractivity contribution in [3.63, 3.8) is 0 Å². The Morgan fingerprint density at radius 3 is 1.00 bits per heavy atom. The van der Waals surface area contributed by atoms with Crippen molar-refractivity contribution in [1.29, 1.82) is 0 Å². The van der Waals surface area contributed by atoms with Gasteiger partial charge in [-0.2, -0.15) is 0 Å². The van der Waals surface area contributed by atoms with Crippen LogP contribution in [-0.4, -0.2) is 21.5 Å². The smallest absolute Gasteiger partial charge is 0.333 e. The molecule has 0 saturated carbocycles. The third kappa shape index (κ3) is 17.1. The summed E-state index contributed by atoms with van der Waals surface area (Å²) < 4.78 is 12.8. The Morgan fingerprint density at radius 2 is 0.745 bits per heavy atom. The first kappa shape index (κ1) is 47.0. The summed E-state index contributed by atoms with van der Waals surface area (Å²) in [6, 6.07) is 7.08. The van der Waals surface area contributed by atoms with Gasteiger partial charge in [-0.05, 0) is 83.1 Å². The van der Waals surface area contributed by atoms with Crippen LogP contribution in [0.3, 0.4) is 0 Å². The van der Waals surface area contributed by atoms with Gasteiger partial charge < -0.3 is 10.6 Å². The van der Waals surface area contributed by atoms with Crippen molar-refractivity contribution in [2.24, 2.45) is 5.73 Å². The highest BCUT2D eigenvalue weighted by Crippen LogP contribution is 2.49. The van der Waals surface area contributed by atoms with Crippen LogP contribution >= 0.6 is 7.37 Å². The quantitative estimate of drug-likeness (QED) is 0.0784. The summed E-state index contributed by atoms with van der Waals surface area (Å²) in [4.78, 5) is 36.0. The molecule has 0 fully saturated rings. The van der Waals surface area contributed by atoms with Crippen LogP contribution in [0.25, 0.3) is 0 Å². The largest absolute Gasteiger partial charge is 0.337 e. The molecule has 3 N–H and O–H groups in total. The van der Waals surface area contributed by atoms with Crippen LogP contribution in [0.4, 0.5) is 0 Å². The molecule has 290 valence electrons. The predicted octanol–water partition coefficient (Wildman–Crippen LogP) is 13.7. The van der Waals surface area contributed by atoms with Crippen molar-refractivity contribution < 1.29 is 19.0 Å². The maximum Gasteiger partial charge on any atom is 0.337 e. The van der Waals surface area contributed by atoms with Crippen molar-refractivity contribution in [3.05, 3.63) is 68.8 Å². The lowest BCUT2D eigenvalue weighted by atomic mass is 9.82. The molecule has 0 heterocycles. The van der Waals surface area contributed by atoms with Crippen LogP contribution in [0, 0.1) is 41.5 Å². The molecule has 0 aliphatic heterocycles. The SMILES string of the molecule is CCCCCCCCC(N)(CCCCCCCC)CCCCCCCC.Cc1cc(C)c(C(=O)P(=O)(O)C(=O)c2c(C)cc(C)cc2C)c(C)c1. The molecule has 2 rings (SSSR count). The summed E-state index contributed by atoms with van der Waals surface area (Å²) in [5, 5.41) is 0. The predicted molar refractivity (Wildman–Crippen MR) is 221 cm³/mol. The molecule has 0 saturated heterocycles. The average molecular weight is 726 g/mol. The van der Waals surface area contributed by atoms with Crippen LogP contribution in [0.1, 0.15) is 210 Å². The highest BCUT2D eigenvalue weighted by Gasteiger charge is 2.41. The Morgan fingerprint density at radius 1 is 0.510 bits per heavy atom. The van der Waals surface area contributed by atoms with Crippen LogP contribution in [0.5, 0.6) is 0 Å². The minimum Gasteiger partial charge on any atom is -0.333 e. The zero-order valence-corrected chi connectivity index (χ0v) is 35.2. The lowest BCUT2D eigenvalue weighted by Gasteiger charge is -2.30. The third-order valence-corrected chi connectivity index (χ3v) is 12.0. The van der Waals surface area contributed by atoms with Crippen molar-refractivity contribution in [1.82, 2.24) is 0 Å². The molecule has 0 bridgehead atoms. The van der Waals surface area contributed by atoms with E-state index in [1.807, 2.05) is 13.8 Å². The standard InChI is InChI=1S/C25H53N.C20H23O4P/c1-4-7-10-13-16-19-22-25(26,23-20-17-14-11-8-5-2)24-21-18-15-12-9-6-3;1-11-7-13(3)17(14(4)8-11)19(21)25(23,24)20(22)18-15(5)9-12(2)10-16(18)6/h4-24,26H2,1-3H3;7-10H,1-6H3,(H,23,24). The Bertz CT molecular complexity index is 1220. The second-order valence-corrected chi connectivity index (χ2v) is 17.6. The Balaban J connectivity index is 0.000000510. The second-order valence-electron chi connectivity index (χ2n) is 15.6. The van der Waals surface area contributed by atoms with Gasteiger partial charge in [0.2, 0.25) is 0 Å². The number of hydrogen-bond donors (Lipinski definition) is 2. The van der Waals surface area contributed by atoms with E-state index in [1.165, 1.54) is 135 Å². The number of benzene rings is 2. The molecule has 0 amide bonds. The second kappa shape index (κ2) is 25.0. The number of carbonyl (C=O) groups excluding carboxylic acids is 2. The molecule has 0 unspecified atom stereocenters. The molecule has 0 radical (unpaired) electrons.